The van der Waals surface area contributed by atoms with Crippen LogP contribution in [0.15, 0.2) is 10.5 Å². The first-order chi connectivity index (χ1) is 6.00. The summed E-state index contributed by atoms with van der Waals surface area (Å²) in [4.78, 5) is 0. The molecule has 72 valence electrons. The normalized spacial score (nSPS) is 25.7. The second-order valence-corrected chi connectivity index (χ2v) is 4.70. The molecule has 0 saturated heterocycles. The highest BCUT2D eigenvalue weighted by Gasteiger charge is 2.35. The third-order valence-electron chi connectivity index (χ3n) is 3.14. The number of nitrogens with two attached hydrogens (primary N) is 1. The van der Waals surface area contributed by atoms with Crippen molar-refractivity contribution in [2.24, 2.45) is 11.1 Å². The van der Waals surface area contributed by atoms with Crippen LogP contribution in [-0.2, 0) is 6.42 Å². The van der Waals surface area contributed by atoms with Crippen LogP contribution in [-0.4, -0.2) is 0 Å². The molecule has 1 heterocycles. The highest BCUT2D eigenvalue weighted by atomic mass is 16.3. The molecule has 0 saturated carbocycles. The Balaban J connectivity index is 2.44. The van der Waals surface area contributed by atoms with Crippen molar-refractivity contribution in [1.82, 2.24) is 0 Å². The third-order valence-corrected chi connectivity index (χ3v) is 3.14. The molecule has 13 heavy (non-hydrogen) atoms. The molecule has 0 radical (unpaired) electrons. The minimum Gasteiger partial charge on any atom is -0.466 e. The van der Waals surface area contributed by atoms with Gasteiger partial charge in [0.25, 0.3) is 0 Å². The quantitative estimate of drug-likeness (QED) is 0.664. The van der Waals surface area contributed by atoms with E-state index >= 15 is 0 Å². The summed E-state index contributed by atoms with van der Waals surface area (Å²) in [7, 11) is 0. The van der Waals surface area contributed by atoms with E-state index in [9.17, 15) is 0 Å². The Hall–Kier alpha value is -0.760. The average molecular weight is 179 g/mol. The van der Waals surface area contributed by atoms with E-state index < -0.39 is 0 Å². The van der Waals surface area contributed by atoms with Gasteiger partial charge in [-0.05, 0) is 24.8 Å². The molecule has 0 bridgehead atoms. The molecule has 1 aromatic heterocycles. The predicted molar refractivity (Wildman–Crippen MR) is 52.5 cm³/mol. The summed E-state index contributed by atoms with van der Waals surface area (Å²) < 4.78 is 5.59. The topological polar surface area (TPSA) is 39.2 Å². The second-order valence-electron chi connectivity index (χ2n) is 4.70. The molecule has 1 aliphatic rings. The fraction of sp³-hybridized carbons (Fsp3) is 0.636. The summed E-state index contributed by atoms with van der Waals surface area (Å²) in [6.45, 7) is 6.43. The molecule has 0 aliphatic heterocycles. The smallest absolute Gasteiger partial charge is 0.108 e. The lowest BCUT2D eigenvalue weighted by Crippen LogP contribution is -2.33. The van der Waals surface area contributed by atoms with Crippen LogP contribution in [0.2, 0.25) is 0 Å². The Kier molecular flexibility index (Phi) is 1.77. The largest absolute Gasteiger partial charge is 0.466 e. The Morgan fingerprint density at radius 2 is 2.23 bits per heavy atom. The number of hydrogen-bond donors (Lipinski definition) is 1. The third kappa shape index (κ3) is 1.29. The van der Waals surface area contributed by atoms with Crippen LogP contribution in [0.25, 0.3) is 0 Å². The van der Waals surface area contributed by atoms with Crippen LogP contribution in [0, 0.1) is 12.3 Å². The van der Waals surface area contributed by atoms with Gasteiger partial charge in [-0.3, -0.25) is 0 Å². The molecule has 1 aliphatic carbocycles. The van der Waals surface area contributed by atoms with Crippen LogP contribution in [0.5, 0.6) is 0 Å². The fourth-order valence-corrected chi connectivity index (χ4v) is 2.05. The molecule has 1 aromatic rings. The number of furan rings is 1. The number of fused-ring (bicyclic) bond motifs is 1. The lowest BCUT2D eigenvalue weighted by atomic mass is 9.73. The van der Waals surface area contributed by atoms with Gasteiger partial charge in [-0.15, -0.1) is 0 Å². The maximum Gasteiger partial charge on any atom is 0.108 e. The van der Waals surface area contributed by atoms with Gasteiger partial charge in [0.05, 0.1) is 0 Å². The van der Waals surface area contributed by atoms with Gasteiger partial charge in [0.1, 0.15) is 11.5 Å². The average Bonchev–Trinajstić information content (AvgIpc) is 2.40. The van der Waals surface area contributed by atoms with Crippen LogP contribution >= 0.6 is 0 Å². The van der Waals surface area contributed by atoms with Crippen molar-refractivity contribution < 1.29 is 4.42 Å². The van der Waals surface area contributed by atoms with E-state index in [1.807, 2.05) is 6.92 Å². The molecule has 2 rings (SSSR count). The molecule has 1 atom stereocenters. The Labute approximate surface area is 79.1 Å². The van der Waals surface area contributed by atoms with Gasteiger partial charge in [-0.25, -0.2) is 0 Å². The first-order valence-corrected chi connectivity index (χ1v) is 4.85. The summed E-state index contributed by atoms with van der Waals surface area (Å²) in [5.74, 6) is 2.09. The second kappa shape index (κ2) is 2.61. The molecule has 0 amide bonds. The minimum absolute atomic E-state index is 0.133. The molecule has 1 unspecified atom stereocenters. The van der Waals surface area contributed by atoms with Crippen molar-refractivity contribution in [3.63, 3.8) is 0 Å². The summed E-state index contributed by atoms with van der Waals surface area (Å²) in [6, 6.07) is 2.22. The van der Waals surface area contributed by atoms with Gasteiger partial charge in [-0.1, -0.05) is 13.8 Å². The molecule has 2 N–H and O–H groups in total. The Morgan fingerprint density at radius 3 is 2.92 bits per heavy atom. The van der Waals surface area contributed by atoms with E-state index in [-0.39, 0.29) is 11.5 Å². The maximum atomic E-state index is 6.18. The van der Waals surface area contributed by atoms with Crippen molar-refractivity contribution >= 4 is 0 Å². The van der Waals surface area contributed by atoms with E-state index in [2.05, 4.69) is 19.9 Å². The van der Waals surface area contributed by atoms with E-state index in [0.717, 1.165) is 24.4 Å². The van der Waals surface area contributed by atoms with Gasteiger partial charge >= 0.3 is 0 Å². The Morgan fingerprint density at radius 1 is 1.54 bits per heavy atom. The van der Waals surface area contributed by atoms with E-state index in [4.69, 9.17) is 10.2 Å². The van der Waals surface area contributed by atoms with Crippen LogP contribution in [0.3, 0.4) is 0 Å². The van der Waals surface area contributed by atoms with Crippen LogP contribution in [0.4, 0.5) is 0 Å². The van der Waals surface area contributed by atoms with Gasteiger partial charge in [0, 0.05) is 18.0 Å². The summed E-state index contributed by atoms with van der Waals surface area (Å²) in [5, 5.41) is 0. The van der Waals surface area contributed by atoms with Crippen LogP contribution in [0.1, 0.15) is 43.4 Å². The first-order valence-electron chi connectivity index (χ1n) is 4.85. The highest BCUT2D eigenvalue weighted by molar-refractivity contribution is 5.29. The fourth-order valence-electron chi connectivity index (χ4n) is 2.05. The number of rotatable bonds is 0. The predicted octanol–water partition coefficient (Wildman–Crippen LogP) is 2.56. The van der Waals surface area contributed by atoms with Crippen molar-refractivity contribution in [2.45, 2.75) is 39.7 Å². The van der Waals surface area contributed by atoms with Crippen molar-refractivity contribution in [3.05, 3.63) is 23.2 Å². The maximum absolute atomic E-state index is 6.18. The first kappa shape index (κ1) is 8.82. The lowest BCUT2D eigenvalue weighted by molar-refractivity contribution is 0.235. The van der Waals surface area contributed by atoms with Crippen molar-refractivity contribution in [2.75, 3.05) is 0 Å². The minimum atomic E-state index is 0.133. The number of aryl methyl sites for hydroxylation is 2. The lowest BCUT2D eigenvalue weighted by Gasteiger charge is -2.35. The van der Waals surface area contributed by atoms with Gasteiger partial charge in [-0.2, -0.15) is 0 Å². The zero-order valence-electron chi connectivity index (χ0n) is 8.55. The summed E-state index contributed by atoms with van der Waals surface area (Å²) in [5.41, 5.74) is 7.61. The van der Waals surface area contributed by atoms with Crippen molar-refractivity contribution in [3.8, 4) is 0 Å². The summed E-state index contributed by atoms with van der Waals surface area (Å²) in [6.07, 6.45) is 2.15. The molecular formula is C11H17NO. The molecular weight excluding hydrogens is 162 g/mol. The SMILES string of the molecule is Cc1cc2c(o1)CCC(C)(C)C2N. The molecule has 0 aromatic carbocycles. The van der Waals surface area contributed by atoms with E-state index in [1.165, 1.54) is 5.56 Å². The van der Waals surface area contributed by atoms with Crippen LogP contribution < -0.4 is 5.73 Å². The highest BCUT2D eigenvalue weighted by Crippen LogP contribution is 2.42. The molecule has 0 fully saturated rings. The van der Waals surface area contributed by atoms with E-state index in [1.54, 1.807) is 0 Å². The van der Waals surface area contributed by atoms with E-state index in [0.29, 0.717) is 0 Å². The Bertz CT molecular complexity index is 325. The standard InChI is InChI=1S/C11H17NO/c1-7-6-8-9(13-7)4-5-11(2,3)10(8)12/h6,10H,4-5,12H2,1-3H3. The van der Waals surface area contributed by atoms with Gasteiger partial charge in [0.2, 0.25) is 0 Å². The van der Waals surface area contributed by atoms with Crippen molar-refractivity contribution in [1.29, 1.82) is 0 Å². The van der Waals surface area contributed by atoms with Gasteiger partial charge < -0.3 is 10.2 Å². The molecule has 0 spiro atoms. The molecule has 2 nitrogen and oxygen atoms in total. The summed E-state index contributed by atoms with van der Waals surface area (Å²) >= 11 is 0. The molecule has 2 heteroatoms. The number of hydrogen-bond acceptors (Lipinski definition) is 2. The zero-order valence-corrected chi connectivity index (χ0v) is 8.55. The van der Waals surface area contributed by atoms with Gasteiger partial charge in [0.15, 0.2) is 0 Å². The monoisotopic (exact) mass is 179 g/mol. The zero-order chi connectivity index (χ0) is 9.64.